The highest BCUT2D eigenvalue weighted by Crippen LogP contribution is 2.45. The minimum atomic E-state index is -0.0236. The van der Waals surface area contributed by atoms with Gasteiger partial charge in [0.25, 0.3) is 5.56 Å². The largest absolute Gasteiger partial charge is 0.364 e. The second kappa shape index (κ2) is 7.22. The fraction of sp³-hybridized carbons (Fsp3) is 0.391. The van der Waals surface area contributed by atoms with E-state index in [1.165, 1.54) is 0 Å². The number of aryl methyl sites for hydroxylation is 1. The predicted octanol–water partition coefficient (Wildman–Crippen LogP) is 2.46. The van der Waals surface area contributed by atoms with E-state index in [1.54, 1.807) is 6.07 Å². The minimum Gasteiger partial charge on any atom is -0.364 e. The van der Waals surface area contributed by atoms with Crippen molar-refractivity contribution in [3.05, 3.63) is 63.8 Å². The Morgan fingerprint density at radius 3 is 2.80 bits per heavy atom. The van der Waals surface area contributed by atoms with Gasteiger partial charge in [-0.05, 0) is 42.2 Å². The number of piperazine rings is 1. The van der Waals surface area contributed by atoms with Crippen molar-refractivity contribution in [2.45, 2.75) is 38.9 Å². The molecule has 30 heavy (non-hydrogen) atoms. The summed E-state index contributed by atoms with van der Waals surface area (Å²) in [5, 5.41) is 8.97. The molecule has 1 aliphatic carbocycles. The highest BCUT2D eigenvalue weighted by molar-refractivity contribution is 5.74. The third-order valence-electron chi connectivity index (χ3n) is 6.48. The molecule has 4 heterocycles. The number of pyridine rings is 3. The van der Waals surface area contributed by atoms with E-state index in [0.29, 0.717) is 30.1 Å². The Balaban J connectivity index is 1.33. The first-order chi connectivity index (χ1) is 14.6. The van der Waals surface area contributed by atoms with Crippen LogP contribution in [0.15, 0.2) is 41.5 Å². The van der Waals surface area contributed by atoms with Gasteiger partial charge in [0.1, 0.15) is 11.8 Å². The van der Waals surface area contributed by atoms with E-state index >= 15 is 0 Å². The predicted molar refractivity (Wildman–Crippen MR) is 115 cm³/mol. The lowest BCUT2D eigenvalue weighted by atomic mass is 10.1. The number of aromatic nitrogens is 3. The lowest BCUT2D eigenvalue weighted by Gasteiger charge is -2.35. The van der Waals surface area contributed by atoms with Gasteiger partial charge in [-0.3, -0.25) is 14.7 Å². The van der Waals surface area contributed by atoms with Gasteiger partial charge in [-0.2, -0.15) is 5.26 Å². The lowest BCUT2D eigenvalue weighted by Crippen LogP contribution is -2.46. The van der Waals surface area contributed by atoms with E-state index in [2.05, 4.69) is 43.8 Å². The summed E-state index contributed by atoms with van der Waals surface area (Å²) in [4.78, 5) is 28.9. The van der Waals surface area contributed by atoms with Crippen molar-refractivity contribution in [2.75, 3.05) is 18.0 Å². The van der Waals surface area contributed by atoms with Crippen LogP contribution in [0.3, 0.4) is 0 Å². The van der Waals surface area contributed by atoms with Gasteiger partial charge in [-0.15, -0.1) is 0 Å². The van der Waals surface area contributed by atoms with Gasteiger partial charge < -0.3 is 9.88 Å². The Bertz CT molecular complexity index is 1200. The molecule has 3 unspecified atom stereocenters. The van der Waals surface area contributed by atoms with Crippen LogP contribution in [0.2, 0.25) is 0 Å². The Labute approximate surface area is 175 Å². The van der Waals surface area contributed by atoms with Crippen LogP contribution in [-0.4, -0.2) is 45.0 Å². The van der Waals surface area contributed by atoms with Crippen molar-refractivity contribution in [2.24, 2.45) is 5.92 Å². The maximum absolute atomic E-state index is 12.2. The van der Waals surface area contributed by atoms with E-state index < -0.39 is 0 Å². The Morgan fingerprint density at radius 2 is 2.07 bits per heavy atom. The third-order valence-corrected chi connectivity index (χ3v) is 6.48. The summed E-state index contributed by atoms with van der Waals surface area (Å²) >= 11 is 0. The number of nitrogens with zero attached hydrogens (tertiary/aromatic N) is 5. The number of aromatic amines is 1. The number of hydrogen-bond acceptors (Lipinski definition) is 6. The molecule has 1 N–H and O–H groups in total. The van der Waals surface area contributed by atoms with Crippen molar-refractivity contribution in [1.29, 1.82) is 5.26 Å². The number of rotatable bonds is 4. The van der Waals surface area contributed by atoms with Crippen molar-refractivity contribution in [3.63, 3.8) is 0 Å². The maximum atomic E-state index is 12.2. The molecule has 7 heteroatoms. The van der Waals surface area contributed by atoms with E-state index in [-0.39, 0.29) is 5.56 Å². The molecule has 7 nitrogen and oxygen atoms in total. The molecule has 3 aromatic heterocycles. The van der Waals surface area contributed by atoms with Crippen molar-refractivity contribution in [1.82, 2.24) is 19.9 Å². The standard InChI is InChI=1S/C23H24N6O/c1-3-16-9-19-20(27-23(16)30)8-15(11-26-19)13-28-6-7-29(22-14(2)21(22)28)18-5-4-17(10-24)25-12-18/h4-5,8-9,11-12,14,21-22H,3,6-7,13H2,1-2H3,(H,27,30). The Kier molecular flexibility index (Phi) is 4.52. The molecule has 1 saturated carbocycles. The SMILES string of the molecule is CCc1cc2ncc(CN3CCN(c4ccc(C#N)nc4)C4C(C)C43)cc2[nH]c1=O. The molecule has 0 spiro atoms. The van der Waals surface area contributed by atoms with Crippen LogP contribution < -0.4 is 10.5 Å². The molecule has 0 radical (unpaired) electrons. The molecule has 1 saturated heterocycles. The van der Waals surface area contributed by atoms with Crippen LogP contribution in [0.1, 0.15) is 30.7 Å². The van der Waals surface area contributed by atoms with Crippen molar-refractivity contribution >= 4 is 16.7 Å². The molecule has 0 bridgehead atoms. The Morgan fingerprint density at radius 1 is 1.20 bits per heavy atom. The zero-order valence-corrected chi connectivity index (χ0v) is 17.2. The first-order valence-corrected chi connectivity index (χ1v) is 10.5. The average molecular weight is 400 g/mol. The number of nitriles is 1. The van der Waals surface area contributed by atoms with Crippen LogP contribution in [0.25, 0.3) is 11.0 Å². The molecule has 2 aliphatic rings. The third kappa shape index (κ3) is 3.14. The van der Waals surface area contributed by atoms with Crippen LogP contribution in [0.4, 0.5) is 5.69 Å². The average Bonchev–Trinajstić information content (AvgIpc) is 3.45. The van der Waals surface area contributed by atoms with Crippen LogP contribution in [0.5, 0.6) is 0 Å². The smallest absolute Gasteiger partial charge is 0.251 e. The summed E-state index contributed by atoms with van der Waals surface area (Å²) in [5.74, 6) is 0.573. The summed E-state index contributed by atoms with van der Waals surface area (Å²) in [6.45, 7) is 6.98. The van der Waals surface area contributed by atoms with Crippen LogP contribution in [-0.2, 0) is 13.0 Å². The molecule has 2 fully saturated rings. The fourth-order valence-corrected chi connectivity index (χ4v) is 4.83. The molecule has 3 aromatic rings. The second-order valence-corrected chi connectivity index (χ2v) is 8.27. The molecule has 152 valence electrons. The first-order valence-electron chi connectivity index (χ1n) is 10.5. The van der Waals surface area contributed by atoms with Gasteiger partial charge in [-0.25, -0.2) is 4.98 Å². The monoisotopic (exact) mass is 400 g/mol. The fourth-order valence-electron chi connectivity index (χ4n) is 4.83. The number of H-pyrrole nitrogens is 1. The van der Waals surface area contributed by atoms with Gasteiger partial charge in [0.05, 0.1) is 22.9 Å². The second-order valence-electron chi connectivity index (χ2n) is 8.27. The normalized spacial score (nSPS) is 23.2. The van der Waals surface area contributed by atoms with Crippen molar-refractivity contribution < 1.29 is 0 Å². The first kappa shape index (κ1) is 18.8. The van der Waals surface area contributed by atoms with Gasteiger partial charge >= 0.3 is 0 Å². The number of hydrogen-bond donors (Lipinski definition) is 1. The molecular weight excluding hydrogens is 376 g/mol. The van der Waals surface area contributed by atoms with Gasteiger partial charge in [0.15, 0.2) is 0 Å². The van der Waals surface area contributed by atoms with Gasteiger partial charge in [-0.1, -0.05) is 13.8 Å². The summed E-state index contributed by atoms with van der Waals surface area (Å²) in [6.07, 6.45) is 4.44. The van der Waals surface area contributed by atoms with E-state index in [4.69, 9.17) is 5.26 Å². The molecule has 3 atom stereocenters. The van der Waals surface area contributed by atoms with E-state index in [1.807, 2.05) is 31.5 Å². The summed E-state index contributed by atoms with van der Waals surface area (Å²) in [6, 6.07) is 10.8. The maximum Gasteiger partial charge on any atom is 0.251 e. The molecule has 0 amide bonds. The molecule has 5 rings (SSSR count). The van der Waals surface area contributed by atoms with Crippen molar-refractivity contribution in [3.8, 4) is 6.07 Å². The van der Waals surface area contributed by atoms with Crippen LogP contribution in [0, 0.1) is 17.2 Å². The number of fused-ring (bicyclic) bond motifs is 2. The summed E-state index contributed by atoms with van der Waals surface area (Å²) in [7, 11) is 0. The molecule has 1 aliphatic heterocycles. The van der Waals surface area contributed by atoms with Crippen LogP contribution >= 0.6 is 0 Å². The molecule has 0 aromatic carbocycles. The van der Waals surface area contributed by atoms with E-state index in [0.717, 1.165) is 47.5 Å². The van der Waals surface area contributed by atoms with Gasteiger partial charge in [0, 0.05) is 43.5 Å². The molecular formula is C23H24N6O. The van der Waals surface area contributed by atoms with Gasteiger partial charge in [0.2, 0.25) is 0 Å². The summed E-state index contributed by atoms with van der Waals surface area (Å²) < 4.78 is 0. The topological polar surface area (TPSA) is 88.9 Å². The highest BCUT2D eigenvalue weighted by Gasteiger charge is 2.56. The quantitative estimate of drug-likeness (QED) is 0.724. The number of nitrogens with one attached hydrogen (secondary N) is 1. The zero-order chi connectivity index (χ0) is 20.8. The highest BCUT2D eigenvalue weighted by atomic mass is 16.1. The Hall–Kier alpha value is -3.24. The number of anilines is 1. The minimum absolute atomic E-state index is 0.0236. The summed E-state index contributed by atoms with van der Waals surface area (Å²) in [5.41, 5.74) is 5.04. The lowest BCUT2D eigenvalue weighted by molar-refractivity contribution is 0.228. The van der Waals surface area contributed by atoms with E-state index in [9.17, 15) is 4.79 Å². The zero-order valence-electron chi connectivity index (χ0n) is 17.2.